The highest BCUT2D eigenvalue weighted by Gasteiger charge is 2.10. The van der Waals surface area contributed by atoms with Gasteiger partial charge in [0, 0.05) is 24.1 Å². The van der Waals surface area contributed by atoms with E-state index in [9.17, 15) is 9.59 Å². The van der Waals surface area contributed by atoms with E-state index < -0.39 is 0 Å². The molecule has 5 nitrogen and oxygen atoms in total. The van der Waals surface area contributed by atoms with Gasteiger partial charge >= 0.3 is 0 Å². The first-order valence-electron chi connectivity index (χ1n) is 7.47. The molecule has 128 valence electrons. The second-order valence-corrected chi connectivity index (χ2v) is 7.35. The fourth-order valence-electron chi connectivity index (χ4n) is 1.33. The third-order valence-corrected chi connectivity index (χ3v) is 2.36. The van der Waals surface area contributed by atoms with Gasteiger partial charge in [-0.05, 0) is 33.8 Å². The summed E-state index contributed by atoms with van der Waals surface area (Å²) in [7, 11) is 6.42. The fraction of sp³-hybridized carbons (Fsp3) is 0.647. The lowest BCUT2D eigenvalue weighted by Gasteiger charge is -2.23. The molecule has 0 atom stereocenters. The summed E-state index contributed by atoms with van der Waals surface area (Å²) in [6.45, 7) is 16.2. The van der Waals surface area contributed by atoms with Crippen molar-refractivity contribution in [2.75, 3.05) is 34.2 Å². The lowest BCUT2D eigenvalue weighted by molar-refractivity contribution is -0.870. The molecule has 0 bridgehead atoms. The predicted molar refractivity (Wildman–Crippen MR) is 93.4 cm³/mol. The molecule has 0 radical (unpaired) electrons. The van der Waals surface area contributed by atoms with Crippen LogP contribution in [0, 0.1) is 0 Å². The average Bonchev–Trinajstić information content (AvgIpc) is 2.31. The van der Waals surface area contributed by atoms with Crippen molar-refractivity contribution >= 4 is 11.8 Å². The molecule has 0 fully saturated rings. The fourth-order valence-corrected chi connectivity index (χ4v) is 1.33. The predicted octanol–water partition coefficient (Wildman–Crippen LogP) is 1.86. The van der Waals surface area contributed by atoms with Gasteiger partial charge in [0.1, 0.15) is 0 Å². The Kier molecular flexibility index (Phi) is 10.5. The lowest BCUT2D eigenvalue weighted by Crippen LogP contribution is -2.39. The third kappa shape index (κ3) is 18.4. The molecule has 0 aliphatic rings. The molecule has 0 aliphatic carbocycles. The molecule has 0 spiro atoms. The smallest absolute Gasteiger partial charge is 0.246 e. The van der Waals surface area contributed by atoms with Crippen LogP contribution in [0.4, 0.5) is 0 Å². The second-order valence-electron chi connectivity index (χ2n) is 7.35. The molecule has 22 heavy (non-hydrogen) atoms. The summed E-state index contributed by atoms with van der Waals surface area (Å²) in [5.74, 6) is -0.163. The van der Waals surface area contributed by atoms with Gasteiger partial charge < -0.3 is 15.1 Å². The number of quaternary nitrogens is 1. The number of rotatable bonds is 6. The maximum absolute atomic E-state index is 11.1. The average molecular weight is 312 g/mol. The Morgan fingerprint density at radius 3 is 1.95 bits per heavy atom. The number of nitrogens with one attached hydrogen (secondary N) is 2. The monoisotopic (exact) mass is 312 g/mol. The molecule has 0 aromatic heterocycles. The summed E-state index contributed by atoms with van der Waals surface area (Å²) in [5, 5.41) is 5.52. The van der Waals surface area contributed by atoms with Crippen LogP contribution in [0.15, 0.2) is 24.8 Å². The molecule has 0 unspecified atom stereocenters. The van der Waals surface area contributed by atoms with Gasteiger partial charge in [-0.3, -0.25) is 9.59 Å². The number of nitrogens with zero attached hydrogens (tertiary/aromatic N) is 1. The van der Waals surface area contributed by atoms with Crippen LogP contribution in [-0.4, -0.2) is 56.1 Å². The van der Waals surface area contributed by atoms with E-state index >= 15 is 0 Å². The summed E-state index contributed by atoms with van der Waals surface area (Å²) in [5.41, 5.74) is 0.427. The number of carbonyl (C=O) groups excluding carboxylic acids is 2. The van der Waals surface area contributed by atoms with Crippen LogP contribution >= 0.6 is 0 Å². The highest BCUT2D eigenvalue weighted by Crippen LogP contribution is 1.97. The molecule has 0 aromatic rings. The Morgan fingerprint density at radius 2 is 1.68 bits per heavy atom. The van der Waals surface area contributed by atoms with Crippen LogP contribution in [0.5, 0.6) is 0 Å². The highest BCUT2D eigenvalue weighted by molar-refractivity contribution is 5.92. The molecular weight excluding hydrogens is 278 g/mol. The molecular formula is C17H34N3O2+. The molecule has 0 saturated heterocycles. The zero-order chi connectivity index (χ0) is 18.0. The number of carbonyl (C=O) groups is 2. The Labute approximate surface area is 136 Å². The molecule has 0 heterocycles. The minimum absolute atomic E-state index is 0.0404. The van der Waals surface area contributed by atoms with Crippen LogP contribution in [0.25, 0.3) is 0 Å². The first-order valence-corrected chi connectivity index (χ1v) is 7.47. The zero-order valence-corrected chi connectivity index (χ0v) is 15.4. The van der Waals surface area contributed by atoms with Gasteiger partial charge in [-0.15, -0.1) is 0 Å². The van der Waals surface area contributed by atoms with Crippen LogP contribution in [0.3, 0.4) is 0 Å². The van der Waals surface area contributed by atoms with Gasteiger partial charge in [0.15, 0.2) is 0 Å². The quantitative estimate of drug-likeness (QED) is 0.447. The largest absolute Gasteiger partial charge is 0.352 e. The van der Waals surface area contributed by atoms with E-state index in [1.807, 2.05) is 20.8 Å². The standard InChI is InChI=1S/C10H20N2O.C7H13NO/c1-9(2)10(13)11-7-6-8-12(3,4)5;1-5-6(9)8-7(2,3)4/h1,6-8H2,2-5H3;5H,1H2,2-4H3,(H,8,9)/p+1. The SMILES string of the molecule is C=C(C)C(=O)NCCC[N+](C)(C)C.C=CC(=O)NC(C)(C)C. The first-order chi connectivity index (χ1) is 9.78. The van der Waals surface area contributed by atoms with E-state index in [0.29, 0.717) is 5.57 Å². The van der Waals surface area contributed by atoms with E-state index in [1.54, 1.807) is 6.92 Å². The van der Waals surface area contributed by atoms with E-state index in [-0.39, 0.29) is 17.4 Å². The minimum atomic E-state index is -0.148. The van der Waals surface area contributed by atoms with Crippen molar-refractivity contribution < 1.29 is 14.1 Å². The van der Waals surface area contributed by atoms with Crippen LogP contribution in [0.2, 0.25) is 0 Å². The summed E-state index contributed by atoms with van der Waals surface area (Å²) in [4.78, 5) is 21.6. The van der Waals surface area contributed by atoms with Crippen molar-refractivity contribution in [2.45, 2.75) is 39.7 Å². The topological polar surface area (TPSA) is 58.2 Å². The van der Waals surface area contributed by atoms with E-state index in [4.69, 9.17) is 0 Å². The molecule has 0 aromatic carbocycles. The second kappa shape index (κ2) is 10.2. The summed E-state index contributed by atoms with van der Waals surface area (Å²) in [6.07, 6.45) is 2.27. The molecule has 2 N–H and O–H groups in total. The molecule has 0 aliphatic heterocycles. The van der Waals surface area contributed by atoms with Gasteiger partial charge in [-0.25, -0.2) is 0 Å². The molecule has 5 heteroatoms. The Balaban J connectivity index is 0. The van der Waals surface area contributed by atoms with Gasteiger partial charge in [-0.2, -0.15) is 0 Å². The number of hydrogen-bond acceptors (Lipinski definition) is 2. The number of hydrogen-bond donors (Lipinski definition) is 2. The van der Waals surface area contributed by atoms with Gasteiger partial charge in [0.05, 0.1) is 27.7 Å². The third-order valence-electron chi connectivity index (χ3n) is 2.36. The van der Waals surface area contributed by atoms with Crippen LogP contribution < -0.4 is 10.6 Å². The Hall–Kier alpha value is -1.62. The molecule has 0 rings (SSSR count). The Bertz CT molecular complexity index is 388. The summed E-state index contributed by atoms with van der Waals surface area (Å²) >= 11 is 0. The van der Waals surface area contributed by atoms with Crippen LogP contribution in [0.1, 0.15) is 34.1 Å². The van der Waals surface area contributed by atoms with Gasteiger partial charge in [0.2, 0.25) is 11.8 Å². The Morgan fingerprint density at radius 1 is 1.18 bits per heavy atom. The van der Waals surface area contributed by atoms with E-state index in [0.717, 1.165) is 24.0 Å². The van der Waals surface area contributed by atoms with E-state index in [2.05, 4.69) is 44.9 Å². The van der Waals surface area contributed by atoms with Gasteiger partial charge in [0.25, 0.3) is 0 Å². The minimum Gasteiger partial charge on any atom is -0.352 e. The summed E-state index contributed by atoms with van der Waals surface area (Å²) in [6, 6.07) is 0. The van der Waals surface area contributed by atoms with Crippen LogP contribution in [-0.2, 0) is 9.59 Å². The highest BCUT2D eigenvalue weighted by atomic mass is 16.2. The van der Waals surface area contributed by atoms with Crippen molar-refractivity contribution in [1.82, 2.24) is 10.6 Å². The lowest BCUT2D eigenvalue weighted by atomic mass is 10.1. The van der Waals surface area contributed by atoms with Gasteiger partial charge in [-0.1, -0.05) is 13.2 Å². The van der Waals surface area contributed by atoms with Crippen molar-refractivity contribution in [2.24, 2.45) is 0 Å². The maximum Gasteiger partial charge on any atom is 0.246 e. The van der Waals surface area contributed by atoms with Crippen molar-refractivity contribution in [3.05, 3.63) is 24.8 Å². The molecule has 2 amide bonds. The maximum atomic E-state index is 11.1. The molecule has 0 saturated carbocycles. The van der Waals surface area contributed by atoms with E-state index in [1.165, 1.54) is 6.08 Å². The summed E-state index contributed by atoms with van der Waals surface area (Å²) < 4.78 is 0.933. The van der Waals surface area contributed by atoms with Crippen molar-refractivity contribution in [3.8, 4) is 0 Å². The normalized spacial score (nSPS) is 10.9. The first kappa shape index (κ1) is 22.7. The zero-order valence-electron chi connectivity index (χ0n) is 15.4. The van der Waals surface area contributed by atoms with Crippen molar-refractivity contribution in [3.63, 3.8) is 0 Å². The number of amides is 2. The van der Waals surface area contributed by atoms with Crippen molar-refractivity contribution in [1.29, 1.82) is 0 Å².